The second-order valence-corrected chi connectivity index (χ2v) is 17.2. The van der Waals surface area contributed by atoms with E-state index in [0.29, 0.717) is 47.7 Å². The summed E-state index contributed by atoms with van der Waals surface area (Å²) in [5.41, 5.74) is 1.09. The van der Waals surface area contributed by atoms with Crippen molar-refractivity contribution in [1.29, 1.82) is 0 Å². The van der Waals surface area contributed by atoms with Crippen LogP contribution in [0.25, 0.3) is 16.7 Å². The van der Waals surface area contributed by atoms with Gasteiger partial charge in [0, 0.05) is 45.5 Å². The van der Waals surface area contributed by atoms with Gasteiger partial charge in [-0.15, -0.1) is 0 Å². The third-order valence-corrected chi connectivity index (χ3v) is 12.9. The molecular weight excluding hydrogens is 833 g/mol. The quantitative estimate of drug-likeness (QED) is 0.152. The fourth-order valence-electron chi connectivity index (χ4n) is 9.50. The van der Waals surface area contributed by atoms with E-state index in [2.05, 4.69) is 54.5 Å². The number of amides is 3. The van der Waals surface area contributed by atoms with E-state index in [9.17, 15) is 33.1 Å². The number of aliphatic hydroxyl groups is 1. The lowest BCUT2D eigenvalue weighted by Crippen LogP contribution is -2.44. The summed E-state index contributed by atoms with van der Waals surface area (Å²) in [4.78, 5) is 58.9. The van der Waals surface area contributed by atoms with E-state index in [1.54, 1.807) is 19.3 Å². The minimum Gasteiger partial charge on any atom is -0.374 e. The van der Waals surface area contributed by atoms with E-state index in [0.717, 1.165) is 71.0 Å². The van der Waals surface area contributed by atoms with Crippen LogP contribution in [0.2, 0.25) is 0 Å². The fourth-order valence-corrected chi connectivity index (χ4v) is 9.50. The van der Waals surface area contributed by atoms with Crippen molar-refractivity contribution in [3.8, 4) is 11.8 Å². The van der Waals surface area contributed by atoms with Gasteiger partial charge in [0.1, 0.15) is 24.0 Å². The maximum absolute atomic E-state index is 13.9. The number of para-hydroxylation sites is 1. The highest BCUT2D eigenvalue weighted by molar-refractivity contribution is 6.08. The molecule has 3 N–H and O–H groups in total. The van der Waals surface area contributed by atoms with E-state index < -0.39 is 29.7 Å². The van der Waals surface area contributed by atoms with Gasteiger partial charge in [-0.25, -0.2) is 14.3 Å². The molecule has 1 aromatic carbocycles. The number of aryl methyl sites for hydroxylation is 1. The number of nitrogens with one attached hydrogen (secondary N) is 2. The minimum atomic E-state index is -4.19. The Hall–Kier alpha value is -6.01. The molecule has 4 aromatic heterocycles. The van der Waals surface area contributed by atoms with Crippen LogP contribution in [-0.2, 0) is 32.2 Å². The van der Waals surface area contributed by atoms with Crippen molar-refractivity contribution in [2.24, 2.45) is 7.05 Å². The summed E-state index contributed by atoms with van der Waals surface area (Å²) in [6.07, 6.45) is 8.87. The average Bonchev–Trinajstić information content (AvgIpc) is 4.14. The number of fused-ring (bicyclic) bond motifs is 4. The van der Waals surface area contributed by atoms with Gasteiger partial charge in [-0.05, 0) is 63.8 Å². The first-order valence-electron chi connectivity index (χ1n) is 21.9. The highest BCUT2D eigenvalue weighted by Crippen LogP contribution is 2.35. The van der Waals surface area contributed by atoms with E-state index in [-0.39, 0.29) is 53.6 Å². The van der Waals surface area contributed by atoms with Gasteiger partial charge in [-0.2, -0.15) is 19.0 Å². The molecule has 4 saturated heterocycles. The lowest BCUT2D eigenvalue weighted by molar-refractivity contribution is -0.211. The van der Waals surface area contributed by atoms with Gasteiger partial charge in [-0.3, -0.25) is 33.5 Å². The molecule has 1 saturated carbocycles. The van der Waals surface area contributed by atoms with Crippen molar-refractivity contribution in [1.82, 2.24) is 43.7 Å². The molecule has 3 amide bonds. The number of ether oxygens (including phenoxy) is 2. The van der Waals surface area contributed by atoms with Gasteiger partial charge in [0.15, 0.2) is 11.3 Å². The van der Waals surface area contributed by atoms with Crippen LogP contribution in [0.1, 0.15) is 97.9 Å². The van der Waals surface area contributed by atoms with Crippen molar-refractivity contribution in [2.75, 3.05) is 50.1 Å². The molecule has 10 rings (SSSR count). The molecule has 0 radical (unpaired) electrons. The summed E-state index contributed by atoms with van der Waals surface area (Å²) in [6.45, 7) is 3.79. The number of nitrogens with zero attached hydrogens (tertiary/aromatic N) is 9. The molecule has 1 aliphatic carbocycles. The van der Waals surface area contributed by atoms with Crippen LogP contribution in [0.3, 0.4) is 0 Å². The Bertz CT molecular complexity index is 2700. The SMILES string of the molecule is CN1CCC(OCC#Cc2cccc3c2n(C)c(=O)n3C2CCC(=O)NC2=O)CC1.O=C(Nc1cn(C2CCCCC2)nc1C(O)(F)F)c1cnn2ccc(N3CC4CC3CO4)nc12. The number of anilines is 2. The molecule has 5 aliphatic rings. The van der Waals surface area contributed by atoms with Crippen LogP contribution < -0.4 is 21.2 Å². The molecule has 8 heterocycles. The Labute approximate surface area is 366 Å². The number of likely N-dealkylation sites (tertiary alicyclic amines) is 1. The summed E-state index contributed by atoms with van der Waals surface area (Å²) in [6, 6.07) is 6.84. The molecule has 0 spiro atoms. The van der Waals surface area contributed by atoms with Crippen LogP contribution in [-0.4, -0.2) is 119 Å². The van der Waals surface area contributed by atoms with Crippen molar-refractivity contribution in [2.45, 2.75) is 101 Å². The van der Waals surface area contributed by atoms with Gasteiger partial charge >= 0.3 is 11.8 Å². The fraction of sp³-hybridized carbons (Fsp3) is 0.523. The van der Waals surface area contributed by atoms with Crippen LogP contribution >= 0.6 is 0 Å². The summed E-state index contributed by atoms with van der Waals surface area (Å²) >= 11 is 0. The maximum atomic E-state index is 13.9. The molecule has 4 aliphatic heterocycles. The molecule has 64 heavy (non-hydrogen) atoms. The zero-order valence-electron chi connectivity index (χ0n) is 35.7. The van der Waals surface area contributed by atoms with Crippen LogP contribution in [0, 0.1) is 11.8 Å². The Kier molecular flexibility index (Phi) is 12.1. The number of imide groups is 1. The predicted molar refractivity (Wildman–Crippen MR) is 229 cm³/mol. The highest BCUT2D eigenvalue weighted by atomic mass is 19.3. The number of carbonyl (C=O) groups is 3. The van der Waals surface area contributed by atoms with Gasteiger partial charge in [0.2, 0.25) is 11.8 Å². The van der Waals surface area contributed by atoms with Crippen molar-refractivity contribution < 1.29 is 37.7 Å². The van der Waals surface area contributed by atoms with Gasteiger partial charge in [0.05, 0.1) is 59.4 Å². The maximum Gasteiger partial charge on any atom is 0.401 e. The molecule has 5 aromatic rings. The normalized spacial score (nSPS) is 22.1. The summed E-state index contributed by atoms with van der Waals surface area (Å²) in [5, 5.41) is 22.3. The number of benzene rings is 1. The number of piperidine rings is 2. The van der Waals surface area contributed by atoms with Crippen molar-refractivity contribution in [3.63, 3.8) is 0 Å². The number of alkyl halides is 2. The first kappa shape index (κ1) is 43.3. The number of imidazole rings is 1. The third-order valence-electron chi connectivity index (χ3n) is 12.9. The highest BCUT2D eigenvalue weighted by Gasteiger charge is 2.40. The second kappa shape index (κ2) is 17.9. The molecule has 3 atom stereocenters. The van der Waals surface area contributed by atoms with Crippen molar-refractivity contribution in [3.05, 3.63) is 70.2 Å². The lowest BCUT2D eigenvalue weighted by Gasteiger charge is -2.28. The molecule has 338 valence electrons. The summed E-state index contributed by atoms with van der Waals surface area (Å²) < 4.78 is 45.3. The third kappa shape index (κ3) is 8.76. The standard InChI is InChI=1S/C22H25F2N7O3.C22H26N4O4/c23-22(24,33)19-17(11-31(28-19)13-4-2-1-3-5-13)26-21(32)16-9-25-30-7-6-18(27-20(16)30)29-10-15-8-14(29)12-34-15;1-24-12-10-16(11-13-24)30-14-4-6-15-5-3-7-17-20(15)25(2)22(29)26(17)18-8-9-19(27)23-21(18)28/h6-7,9,11,13-15,33H,1-5,8,10,12H2,(H,26,32);3,5,7,16,18H,8-14H2,1-2H3,(H,23,27,28). The lowest BCUT2D eigenvalue weighted by atomic mass is 9.96. The molecule has 18 nitrogen and oxygen atoms in total. The van der Waals surface area contributed by atoms with E-state index in [1.165, 1.54) is 30.7 Å². The topological polar surface area (TPSA) is 195 Å². The summed E-state index contributed by atoms with van der Waals surface area (Å²) in [7, 11) is 3.79. The Morgan fingerprint density at radius 2 is 1.86 bits per heavy atom. The van der Waals surface area contributed by atoms with Crippen molar-refractivity contribution >= 4 is 45.9 Å². The molecular formula is C44H51F2N11O7. The smallest absolute Gasteiger partial charge is 0.374 e. The molecule has 20 heteroatoms. The van der Waals surface area contributed by atoms with E-state index in [1.807, 2.05) is 18.2 Å². The second-order valence-electron chi connectivity index (χ2n) is 17.2. The van der Waals surface area contributed by atoms with E-state index >= 15 is 0 Å². The minimum absolute atomic E-state index is 0.0403. The van der Waals surface area contributed by atoms with Crippen LogP contribution in [0.5, 0.6) is 0 Å². The average molecular weight is 884 g/mol. The molecule has 5 fully saturated rings. The number of hydrogen-bond acceptors (Lipinski definition) is 12. The van der Waals surface area contributed by atoms with Crippen LogP contribution in [0.15, 0.2) is 47.7 Å². The monoisotopic (exact) mass is 883 g/mol. The largest absolute Gasteiger partial charge is 0.401 e. The first-order valence-corrected chi connectivity index (χ1v) is 21.9. The van der Waals surface area contributed by atoms with Gasteiger partial charge in [0.25, 0.3) is 5.91 Å². The number of halogens is 2. The number of aromatic nitrogens is 7. The van der Waals surface area contributed by atoms with Gasteiger partial charge < -0.3 is 29.7 Å². The number of carbonyl (C=O) groups excluding carboxylic acids is 3. The number of rotatable bonds is 8. The summed E-state index contributed by atoms with van der Waals surface area (Å²) in [5.74, 6) is 5.51. The Morgan fingerprint density at radius 3 is 2.58 bits per heavy atom. The van der Waals surface area contributed by atoms with E-state index in [4.69, 9.17) is 9.47 Å². The first-order chi connectivity index (χ1) is 30.8. The number of morpholine rings is 1. The number of hydrogen-bond donors (Lipinski definition) is 3. The Morgan fingerprint density at radius 1 is 1.06 bits per heavy atom. The van der Waals surface area contributed by atoms with Crippen LogP contribution in [0.4, 0.5) is 20.3 Å². The predicted octanol–water partition coefficient (Wildman–Crippen LogP) is 3.48. The Balaban J connectivity index is 0.000000163. The van der Waals surface area contributed by atoms with Gasteiger partial charge in [-0.1, -0.05) is 37.2 Å². The molecule has 2 bridgehead atoms. The zero-order chi connectivity index (χ0) is 44.7. The zero-order valence-corrected chi connectivity index (χ0v) is 35.7. The molecule has 3 unspecified atom stereocenters.